The maximum Gasteiger partial charge on any atom is 2.00 e. The van der Waals surface area contributed by atoms with Gasteiger partial charge in [-0.15, -0.1) is 0 Å². The van der Waals surface area contributed by atoms with Gasteiger partial charge < -0.3 is 19.8 Å². The van der Waals surface area contributed by atoms with Crippen molar-refractivity contribution in [1.29, 1.82) is 0 Å². The van der Waals surface area contributed by atoms with Gasteiger partial charge in [0.05, 0.1) is 0 Å². The second-order valence-corrected chi connectivity index (χ2v) is 7.97. The van der Waals surface area contributed by atoms with Gasteiger partial charge in [0.1, 0.15) is 0 Å². The van der Waals surface area contributed by atoms with Gasteiger partial charge in [0.15, 0.2) is 0 Å². The molecule has 0 saturated carbocycles. The van der Waals surface area contributed by atoms with Crippen LogP contribution in [-0.4, -0.2) is 11.9 Å². The molecule has 127 valence electrons. The van der Waals surface area contributed by atoms with Crippen molar-refractivity contribution < 1.29 is 36.6 Å². The SMILES string of the molecule is CC(CC(C)(C)C)C(=O)[O-].CC(CC(C)(C)C)C(=O)[O-].[Co+2]. The van der Waals surface area contributed by atoms with E-state index in [0.717, 1.165) is 0 Å². The molecule has 2 unspecified atom stereocenters. The van der Waals surface area contributed by atoms with Gasteiger partial charge in [-0.1, -0.05) is 55.4 Å². The van der Waals surface area contributed by atoms with Gasteiger partial charge >= 0.3 is 16.8 Å². The molecule has 0 aromatic heterocycles. The first-order valence-corrected chi connectivity index (χ1v) is 7.07. The molecule has 0 aliphatic heterocycles. The molecular weight excluding hydrogens is 315 g/mol. The van der Waals surface area contributed by atoms with E-state index in [-0.39, 0.29) is 39.4 Å². The van der Waals surface area contributed by atoms with E-state index in [1.807, 2.05) is 41.5 Å². The minimum atomic E-state index is -0.949. The summed E-state index contributed by atoms with van der Waals surface area (Å²) in [6, 6.07) is 0. The van der Waals surface area contributed by atoms with Crippen molar-refractivity contribution in [2.24, 2.45) is 22.7 Å². The predicted octanol–water partition coefficient (Wildman–Crippen LogP) is 1.61. The van der Waals surface area contributed by atoms with Crippen LogP contribution < -0.4 is 10.2 Å². The maximum absolute atomic E-state index is 10.3. The molecule has 5 heteroatoms. The Balaban J connectivity index is -0.000000295. The number of carbonyl (C=O) groups is 2. The summed E-state index contributed by atoms with van der Waals surface area (Å²) in [5.41, 5.74) is 0.166. The van der Waals surface area contributed by atoms with Crippen LogP contribution in [0.1, 0.15) is 68.2 Å². The van der Waals surface area contributed by atoms with Gasteiger partial charge in [0.25, 0.3) is 0 Å². The van der Waals surface area contributed by atoms with E-state index in [1.165, 1.54) is 0 Å². The van der Waals surface area contributed by atoms with Crippen molar-refractivity contribution in [2.75, 3.05) is 0 Å². The Labute approximate surface area is 139 Å². The molecule has 0 rings (SSSR count). The molecular formula is C16H30CoO4. The van der Waals surface area contributed by atoms with E-state index in [4.69, 9.17) is 0 Å². The van der Waals surface area contributed by atoms with Gasteiger partial charge in [-0.2, -0.15) is 0 Å². The maximum atomic E-state index is 10.3. The number of rotatable bonds is 4. The molecule has 4 nitrogen and oxygen atoms in total. The molecule has 0 amide bonds. The number of carboxylic acids is 2. The first-order valence-electron chi connectivity index (χ1n) is 7.07. The molecule has 0 fully saturated rings. The van der Waals surface area contributed by atoms with Gasteiger partial charge in [-0.25, -0.2) is 0 Å². The molecule has 0 aliphatic carbocycles. The fraction of sp³-hybridized carbons (Fsp3) is 0.875. The Hall–Kier alpha value is -0.554. The van der Waals surface area contributed by atoms with E-state index < -0.39 is 11.9 Å². The summed E-state index contributed by atoms with van der Waals surface area (Å²) in [4.78, 5) is 20.5. The second kappa shape index (κ2) is 10.2. The quantitative estimate of drug-likeness (QED) is 0.775. The first-order chi connectivity index (χ1) is 8.65. The Morgan fingerprint density at radius 1 is 0.762 bits per heavy atom. The van der Waals surface area contributed by atoms with E-state index in [0.29, 0.717) is 12.8 Å². The van der Waals surface area contributed by atoms with Crippen LogP contribution in [0.5, 0.6) is 0 Å². The van der Waals surface area contributed by atoms with Crippen molar-refractivity contribution in [1.82, 2.24) is 0 Å². The van der Waals surface area contributed by atoms with E-state index >= 15 is 0 Å². The van der Waals surface area contributed by atoms with Crippen molar-refractivity contribution in [3.63, 3.8) is 0 Å². The van der Waals surface area contributed by atoms with Crippen molar-refractivity contribution in [3.05, 3.63) is 0 Å². The van der Waals surface area contributed by atoms with Crippen molar-refractivity contribution in [3.8, 4) is 0 Å². The monoisotopic (exact) mass is 345 g/mol. The first kappa shape index (κ1) is 25.4. The summed E-state index contributed by atoms with van der Waals surface area (Å²) < 4.78 is 0. The van der Waals surface area contributed by atoms with E-state index in [1.54, 1.807) is 13.8 Å². The largest absolute Gasteiger partial charge is 2.00 e. The molecule has 0 spiro atoms. The van der Waals surface area contributed by atoms with Crippen LogP contribution in [0.25, 0.3) is 0 Å². The summed E-state index contributed by atoms with van der Waals surface area (Å²) in [5.74, 6) is -2.56. The topological polar surface area (TPSA) is 80.3 Å². The van der Waals surface area contributed by atoms with Crippen LogP contribution in [-0.2, 0) is 26.4 Å². The Bertz CT molecular complexity index is 281. The molecule has 0 aromatic rings. The number of hydrogen-bond acceptors (Lipinski definition) is 4. The number of carboxylic acid groups (broad SMARTS) is 2. The molecule has 0 aliphatic rings. The average Bonchev–Trinajstić information content (AvgIpc) is 2.12. The van der Waals surface area contributed by atoms with Gasteiger partial charge in [-0.05, 0) is 35.5 Å². The van der Waals surface area contributed by atoms with E-state index in [9.17, 15) is 19.8 Å². The number of aliphatic carboxylic acids is 2. The van der Waals surface area contributed by atoms with Gasteiger partial charge in [0, 0.05) is 11.9 Å². The van der Waals surface area contributed by atoms with Crippen molar-refractivity contribution in [2.45, 2.75) is 68.2 Å². The molecule has 0 heterocycles. The van der Waals surface area contributed by atoms with Crippen LogP contribution in [0.2, 0.25) is 0 Å². The van der Waals surface area contributed by atoms with Gasteiger partial charge in [-0.3, -0.25) is 0 Å². The zero-order valence-electron chi connectivity index (χ0n) is 14.5. The third kappa shape index (κ3) is 19.4. The van der Waals surface area contributed by atoms with Crippen LogP contribution in [0, 0.1) is 22.7 Å². The summed E-state index contributed by atoms with van der Waals surface area (Å²) in [6.07, 6.45) is 1.35. The minimum Gasteiger partial charge on any atom is -0.550 e. The Morgan fingerprint density at radius 2 is 0.952 bits per heavy atom. The standard InChI is InChI=1S/2C8H16O2.Co/c2*1-6(7(9)10)5-8(2,3)4;/h2*6H,5H2,1-4H3,(H,9,10);/q;;+2/p-2. The second-order valence-electron chi connectivity index (χ2n) is 7.97. The fourth-order valence-corrected chi connectivity index (χ4v) is 2.00. The Kier molecular flexibility index (Phi) is 12.4. The molecule has 0 aromatic carbocycles. The summed E-state index contributed by atoms with van der Waals surface area (Å²) in [5, 5.41) is 20.5. The van der Waals surface area contributed by atoms with E-state index in [2.05, 4.69) is 0 Å². The number of hydrogen-bond donors (Lipinski definition) is 0. The zero-order chi connectivity index (χ0) is 16.7. The normalized spacial score (nSPS) is 14.1. The fourth-order valence-electron chi connectivity index (χ4n) is 2.00. The van der Waals surface area contributed by atoms with Crippen LogP contribution in [0.3, 0.4) is 0 Å². The third-order valence-corrected chi connectivity index (χ3v) is 2.64. The molecule has 1 radical (unpaired) electrons. The smallest absolute Gasteiger partial charge is 0.550 e. The average molecular weight is 345 g/mol. The Morgan fingerprint density at radius 3 is 1.00 bits per heavy atom. The summed E-state index contributed by atoms with van der Waals surface area (Å²) in [6.45, 7) is 15.5. The molecule has 0 bridgehead atoms. The van der Waals surface area contributed by atoms with Gasteiger partial charge in [0.2, 0.25) is 0 Å². The van der Waals surface area contributed by atoms with Crippen LogP contribution in [0.4, 0.5) is 0 Å². The predicted molar refractivity (Wildman–Crippen MR) is 76.5 cm³/mol. The van der Waals surface area contributed by atoms with Crippen LogP contribution >= 0.6 is 0 Å². The summed E-state index contributed by atoms with van der Waals surface area (Å²) in [7, 11) is 0. The third-order valence-electron chi connectivity index (χ3n) is 2.64. The van der Waals surface area contributed by atoms with Crippen LogP contribution in [0.15, 0.2) is 0 Å². The summed E-state index contributed by atoms with van der Waals surface area (Å²) >= 11 is 0. The molecule has 21 heavy (non-hydrogen) atoms. The molecule has 0 N–H and O–H groups in total. The molecule has 2 atom stereocenters. The molecule has 0 saturated heterocycles. The zero-order valence-corrected chi connectivity index (χ0v) is 15.6. The number of carbonyl (C=O) groups excluding carboxylic acids is 2. The minimum absolute atomic E-state index is 0. The van der Waals surface area contributed by atoms with Crippen molar-refractivity contribution >= 4 is 11.9 Å².